The maximum atomic E-state index is 12.4. The first-order chi connectivity index (χ1) is 16.2. The van der Waals surface area contributed by atoms with Crippen molar-refractivity contribution in [3.05, 3.63) is 95.0 Å². The zero-order chi connectivity index (χ0) is 23.0. The van der Waals surface area contributed by atoms with E-state index in [9.17, 15) is 4.79 Å². The number of rotatable bonds is 9. The fourth-order valence-corrected chi connectivity index (χ4v) is 4.98. The molecule has 0 aliphatic heterocycles. The molecule has 0 aliphatic carbocycles. The molecule has 0 bridgehead atoms. The van der Waals surface area contributed by atoms with Gasteiger partial charge in [0.25, 0.3) is 5.91 Å². The van der Waals surface area contributed by atoms with E-state index < -0.39 is 0 Å². The molecule has 168 valence electrons. The Hall–Kier alpha value is -2.83. The SMILES string of the molecule is CCCn1c(SCCNC(=O)c2cccc(Br)c2)nc(-c2ccccc2)c1-c1ccccc1. The molecular weight excluding hydrogens is 494 g/mol. The van der Waals surface area contributed by atoms with E-state index in [0.717, 1.165) is 50.9 Å². The van der Waals surface area contributed by atoms with Gasteiger partial charge in [0.05, 0.1) is 11.4 Å². The first kappa shape index (κ1) is 23.3. The molecule has 6 heteroatoms. The number of thioether (sulfide) groups is 1. The normalized spacial score (nSPS) is 10.8. The molecule has 1 heterocycles. The number of benzene rings is 3. The quantitative estimate of drug-likeness (QED) is 0.193. The van der Waals surface area contributed by atoms with Gasteiger partial charge < -0.3 is 9.88 Å². The second kappa shape index (κ2) is 11.3. The van der Waals surface area contributed by atoms with Gasteiger partial charge in [0, 0.05) is 40.0 Å². The number of imidazole rings is 1. The minimum atomic E-state index is -0.0660. The van der Waals surface area contributed by atoms with Crippen LogP contribution in [-0.4, -0.2) is 27.8 Å². The van der Waals surface area contributed by atoms with Gasteiger partial charge in [-0.3, -0.25) is 4.79 Å². The number of nitrogens with zero attached hydrogens (tertiary/aromatic N) is 2. The van der Waals surface area contributed by atoms with E-state index >= 15 is 0 Å². The van der Waals surface area contributed by atoms with Gasteiger partial charge in [0.1, 0.15) is 0 Å². The number of carbonyl (C=O) groups excluding carboxylic acids is 1. The standard InChI is InChI=1S/C27H26BrN3OS/c1-2-17-31-25(21-12-7-4-8-13-21)24(20-10-5-3-6-11-20)30-27(31)33-18-16-29-26(32)22-14-9-15-23(28)19-22/h3-15,19H,2,16-18H2,1H3,(H,29,32). The molecule has 0 atom stereocenters. The Morgan fingerprint density at radius 1 is 0.970 bits per heavy atom. The number of aromatic nitrogens is 2. The molecule has 0 aliphatic rings. The smallest absolute Gasteiger partial charge is 0.251 e. The van der Waals surface area contributed by atoms with E-state index in [0.29, 0.717) is 12.1 Å². The van der Waals surface area contributed by atoms with Crippen molar-refractivity contribution in [2.24, 2.45) is 0 Å². The Bertz CT molecular complexity index is 1210. The number of amides is 1. The summed E-state index contributed by atoms with van der Waals surface area (Å²) in [6.45, 7) is 3.64. The van der Waals surface area contributed by atoms with Crippen LogP contribution in [-0.2, 0) is 6.54 Å². The molecule has 4 rings (SSSR count). The molecular formula is C27H26BrN3OS. The Balaban J connectivity index is 1.56. The molecule has 33 heavy (non-hydrogen) atoms. The summed E-state index contributed by atoms with van der Waals surface area (Å²) in [5, 5.41) is 3.99. The second-order valence-electron chi connectivity index (χ2n) is 7.59. The van der Waals surface area contributed by atoms with Crippen LogP contribution in [0.25, 0.3) is 22.5 Å². The highest BCUT2D eigenvalue weighted by molar-refractivity contribution is 9.10. The van der Waals surface area contributed by atoms with Crippen LogP contribution in [0.5, 0.6) is 0 Å². The highest BCUT2D eigenvalue weighted by Crippen LogP contribution is 2.36. The lowest BCUT2D eigenvalue weighted by molar-refractivity contribution is 0.0956. The Kier molecular flexibility index (Phi) is 8.02. The first-order valence-electron chi connectivity index (χ1n) is 11.0. The van der Waals surface area contributed by atoms with E-state index in [1.807, 2.05) is 48.5 Å². The number of nitrogens with one attached hydrogen (secondary N) is 1. The van der Waals surface area contributed by atoms with Crippen LogP contribution in [0.1, 0.15) is 23.7 Å². The van der Waals surface area contributed by atoms with E-state index in [1.165, 1.54) is 0 Å². The summed E-state index contributed by atoms with van der Waals surface area (Å²) in [6, 6.07) is 28.2. The maximum Gasteiger partial charge on any atom is 0.251 e. The van der Waals surface area contributed by atoms with Gasteiger partial charge in [-0.25, -0.2) is 4.98 Å². The van der Waals surface area contributed by atoms with E-state index in [1.54, 1.807) is 11.8 Å². The van der Waals surface area contributed by atoms with Gasteiger partial charge in [0.2, 0.25) is 0 Å². The summed E-state index contributed by atoms with van der Waals surface area (Å²) < 4.78 is 3.21. The van der Waals surface area contributed by atoms with E-state index in [4.69, 9.17) is 4.98 Å². The highest BCUT2D eigenvalue weighted by atomic mass is 79.9. The van der Waals surface area contributed by atoms with Crippen molar-refractivity contribution in [1.29, 1.82) is 0 Å². The van der Waals surface area contributed by atoms with Crippen molar-refractivity contribution in [1.82, 2.24) is 14.9 Å². The molecule has 0 spiro atoms. The largest absolute Gasteiger partial charge is 0.351 e. The lowest BCUT2D eigenvalue weighted by Crippen LogP contribution is -2.25. The van der Waals surface area contributed by atoms with Crippen molar-refractivity contribution < 1.29 is 4.79 Å². The third-order valence-corrected chi connectivity index (χ3v) is 6.65. The second-order valence-corrected chi connectivity index (χ2v) is 9.57. The lowest BCUT2D eigenvalue weighted by Gasteiger charge is -2.12. The fourth-order valence-electron chi connectivity index (χ4n) is 3.70. The molecule has 0 radical (unpaired) electrons. The molecule has 0 unspecified atom stereocenters. The fraction of sp³-hybridized carbons (Fsp3) is 0.185. The van der Waals surface area contributed by atoms with E-state index in [2.05, 4.69) is 69.1 Å². The lowest BCUT2D eigenvalue weighted by atomic mass is 10.0. The summed E-state index contributed by atoms with van der Waals surface area (Å²) in [7, 11) is 0. The van der Waals surface area contributed by atoms with Crippen LogP contribution in [0.4, 0.5) is 0 Å². The number of hydrogen-bond donors (Lipinski definition) is 1. The van der Waals surface area contributed by atoms with Crippen molar-refractivity contribution in [3.63, 3.8) is 0 Å². The molecule has 0 saturated carbocycles. The molecule has 0 fully saturated rings. The zero-order valence-electron chi connectivity index (χ0n) is 18.5. The molecule has 1 aromatic heterocycles. The number of halogens is 1. The summed E-state index contributed by atoms with van der Waals surface area (Å²) >= 11 is 5.10. The molecule has 4 nitrogen and oxygen atoms in total. The third kappa shape index (κ3) is 5.75. The topological polar surface area (TPSA) is 46.9 Å². The van der Waals surface area contributed by atoms with Gasteiger partial charge in [0.15, 0.2) is 5.16 Å². The molecule has 0 saturated heterocycles. The summed E-state index contributed by atoms with van der Waals surface area (Å²) in [6.07, 6.45) is 1.01. The first-order valence-corrected chi connectivity index (χ1v) is 12.8. The maximum absolute atomic E-state index is 12.4. The monoisotopic (exact) mass is 519 g/mol. The molecule has 1 amide bonds. The third-order valence-electron chi connectivity index (χ3n) is 5.18. The Labute approximate surface area is 207 Å². The summed E-state index contributed by atoms with van der Waals surface area (Å²) in [4.78, 5) is 17.5. The van der Waals surface area contributed by atoms with Crippen molar-refractivity contribution in [3.8, 4) is 22.5 Å². The van der Waals surface area contributed by atoms with Crippen molar-refractivity contribution >= 4 is 33.6 Å². The van der Waals surface area contributed by atoms with Crippen LogP contribution >= 0.6 is 27.7 Å². The molecule has 4 aromatic rings. The minimum absolute atomic E-state index is 0.0660. The predicted octanol–water partition coefficient (Wildman–Crippen LogP) is 6.91. The van der Waals surface area contributed by atoms with Gasteiger partial charge in [-0.05, 0) is 24.6 Å². The number of carbonyl (C=O) groups is 1. The number of hydrogen-bond acceptors (Lipinski definition) is 3. The molecule has 1 N–H and O–H groups in total. The molecule has 3 aromatic carbocycles. The summed E-state index contributed by atoms with van der Waals surface area (Å²) in [5.74, 6) is 0.673. The van der Waals surface area contributed by atoms with E-state index in [-0.39, 0.29) is 5.91 Å². The Morgan fingerprint density at radius 2 is 1.67 bits per heavy atom. The zero-order valence-corrected chi connectivity index (χ0v) is 20.9. The highest BCUT2D eigenvalue weighted by Gasteiger charge is 2.20. The average molecular weight is 520 g/mol. The Morgan fingerprint density at radius 3 is 2.33 bits per heavy atom. The minimum Gasteiger partial charge on any atom is -0.351 e. The summed E-state index contributed by atoms with van der Waals surface area (Å²) in [5.41, 5.74) is 5.06. The van der Waals surface area contributed by atoms with Crippen LogP contribution in [0.3, 0.4) is 0 Å². The van der Waals surface area contributed by atoms with Crippen LogP contribution in [0.2, 0.25) is 0 Å². The van der Waals surface area contributed by atoms with Gasteiger partial charge in [-0.15, -0.1) is 0 Å². The van der Waals surface area contributed by atoms with Crippen LogP contribution in [0, 0.1) is 0 Å². The van der Waals surface area contributed by atoms with Crippen LogP contribution in [0.15, 0.2) is 94.6 Å². The van der Waals surface area contributed by atoms with Crippen LogP contribution < -0.4 is 5.32 Å². The average Bonchev–Trinajstić information content (AvgIpc) is 3.21. The van der Waals surface area contributed by atoms with Gasteiger partial charge >= 0.3 is 0 Å². The van der Waals surface area contributed by atoms with Crippen molar-refractivity contribution in [2.75, 3.05) is 12.3 Å². The van der Waals surface area contributed by atoms with Gasteiger partial charge in [-0.2, -0.15) is 0 Å². The van der Waals surface area contributed by atoms with Crippen molar-refractivity contribution in [2.45, 2.75) is 25.0 Å². The van der Waals surface area contributed by atoms with Gasteiger partial charge in [-0.1, -0.05) is 101 Å². The predicted molar refractivity (Wildman–Crippen MR) is 141 cm³/mol.